The molecule has 3 aromatic carbocycles. The van der Waals surface area contributed by atoms with Gasteiger partial charge in [-0.1, -0.05) is 80.6 Å². The van der Waals surface area contributed by atoms with Gasteiger partial charge >= 0.3 is 0 Å². The lowest BCUT2D eigenvalue weighted by Crippen LogP contribution is -2.19. The first kappa shape index (κ1) is 22.5. The Balaban J connectivity index is 1.59. The predicted octanol–water partition coefficient (Wildman–Crippen LogP) is 7.89. The Morgan fingerprint density at radius 2 is 1.39 bits per heavy atom. The Morgan fingerprint density at radius 3 is 2.17 bits per heavy atom. The molecule has 1 aliphatic heterocycles. The molecule has 36 heavy (non-hydrogen) atoms. The molecule has 0 aromatic heterocycles. The Hall–Kier alpha value is -3.92. The van der Waals surface area contributed by atoms with Gasteiger partial charge in [-0.15, -0.1) is 0 Å². The van der Waals surface area contributed by atoms with Gasteiger partial charge in [-0.05, 0) is 61.4 Å². The fourth-order valence-corrected chi connectivity index (χ4v) is 5.34. The third kappa shape index (κ3) is 4.76. The highest BCUT2D eigenvalue weighted by Crippen LogP contribution is 2.30. The van der Waals surface area contributed by atoms with Crippen LogP contribution in [0.25, 0.3) is 28.1 Å². The largest absolute Gasteiger partial charge is 0.354 e. The smallest absolute Gasteiger partial charge is 0.0900 e. The minimum absolute atomic E-state index is 0.359. The molecule has 3 aromatic rings. The Morgan fingerprint density at radius 1 is 0.722 bits per heavy atom. The molecule has 1 heterocycles. The van der Waals surface area contributed by atoms with Crippen molar-refractivity contribution in [1.82, 2.24) is 9.55 Å². The average molecular weight is 473 g/mol. The second-order valence-corrected chi connectivity index (χ2v) is 9.75. The number of fused-ring (bicyclic) bond motifs is 2. The lowest BCUT2D eigenvalue weighted by atomic mass is 9.97. The second-order valence-electron chi connectivity index (χ2n) is 9.75. The molecular weight excluding hydrogens is 440 g/mol. The zero-order valence-corrected chi connectivity index (χ0v) is 20.6. The predicted molar refractivity (Wildman–Crippen MR) is 149 cm³/mol. The van der Waals surface area contributed by atoms with Crippen molar-refractivity contribution >= 4 is 22.4 Å². The summed E-state index contributed by atoms with van der Waals surface area (Å²) in [5.41, 5.74) is 7.29. The SMILES string of the molecule is c1ccc(Nc2cc3nc4ccccc4n(-c4ccccc4)c-3c/c2=N\C2CCCCCCC2)cc1. The fraction of sp³-hybridized carbons (Fsp3) is 0.250. The first-order valence-electron chi connectivity index (χ1n) is 13.2. The summed E-state index contributed by atoms with van der Waals surface area (Å²) < 4.78 is 2.32. The van der Waals surface area contributed by atoms with E-state index in [9.17, 15) is 0 Å². The molecular formula is C32H32N4. The molecule has 180 valence electrons. The second kappa shape index (κ2) is 10.4. The molecule has 1 saturated carbocycles. The van der Waals surface area contributed by atoms with Gasteiger partial charge in [0.05, 0.1) is 39.5 Å². The molecule has 0 saturated heterocycles. The standard InChI is InChI=1S/C32H32N4/c1-2-6-14-25(15-7-3-1)34-29-23-32-30(22-28(29)33-24-16-8-4-9-17-24)35-27-20-12-13-21-31(27)36(32)26-18-10-5-11-19-26/h4-5,8-13,16-23,25,33H,1-3,6-7,14-15H2/b34-29+. The van der Waals surface area contributed by atoms with E-state index in [1.54, 1.807) is 0 Å². The van der Waals surface area contributed by atoms with E-state index in [1.807, 2.05) is 6.07 Å². The summed E-state index contributed by atoms with van der Waals surface area (Å²) in [5.74, 6) is 0. The zero-order valence-electron chi connectivity index (χ0n) is 20.6. The highest BCUT2D eigenvalue weighted by molar-refractivity contribution is 5.84. The normalized spacial score (nSPS) is 15.6. The van der Waals surface area contributed by atoms with Crippen LogP contribution in [0.1, 0.15) is 44.9 Å². The van der Waals surface area contributed by atoms with Crippen molar-refractivity contribution in [3.63, 3.8) is 0 Å². The molecule has 4 nitrogen and oxygen atoms in total. The van der Waals surface area contributed by atoms with Crippen LogP contribution in [0.4, 0.5) is 11.4 Å². The van der Waals surface area contributed by atoms with E-state index >= 15 is 0 Å². The van der Waals surface area contributed by atoms with E-state index in [0.29, 0.717) is 6.04 Å². The number of benzene rings is 4. The van der Waals surface area contributed by atoms with Crippen LogP contribution in [0.5, 0.6) is 0 Å². The third-order valence-electron chi connectivity index (χ3n) is 7.16. The highest BCUT2D eigenvalue weighted by Gasteiger charge is 2.17. The molecule has 0 unspecified atom stereocenters. The van der Waals surface area contributed by atoms with E-state index in [2.05, 4.69) is 101 Å². The highest BCUT2D eigenvalue weighted by atomic mass is 15.0. The molecule has 3 aliphatic rings. The Bertz CT molecular complexity index is 1480. The van der Waals surface area contributed by atoms with Crippen LogP contribution in [0.2, 0.25) is 0 Å². The number of nitrogens with one attached hydrogen (secondary N) is 1. The lowest BCUT2D eigenvalue weighted by Gasteiger charge is -2.21. The summed E-state index contributed by atoms with van der Waals surface area (Å²) in [6.45, 7) is 0. The molecule has 1 N–H and O–H groups in total. The summed E-state index contributed by atoms with van der Waals surface area (Å²) in [6.07, 6.45) is 8.86. The summed E-state index contributed by atoms with van der Waals surface area (Å²) in [7, 11) is 0. The topological polar surface area (TPSA) is 42.2 Å². The number of rotatable bonds is 4. The lowest BCUT2D eigenvalue weighted by molar-refractivity contribution is 0.450. The molecule has 4 heteroatoms. The van der Waals surface area contributed by atoms with Crippen LogP contribution >= 0.6 is 0 Å². The van der Waals surface area contributed by atoms with Crippen LogP contribution in [0.3, 0.4) is 0 Å². The number of hydrogen-bond acceptors (Lipinski definition) is 3. The van der Waals surface area contributed by atoms with Gasteiger partial charge in [-0.25, -0.2) is 4.98 Å². The van der Waals surface area contributed by atoms with Gasteiger partial charge in [0.1, 0.15) is 0 Å². The maximum Gasteiger partial charge on any atom is 0.0900 e. The van der Waals surface area contributed by atoms with Gasteiger partial charge in [-0.2, -0.15) is 0 Å². The quantitative estimate of drug-likeness (QED) is 0.270. The number of para-hydroxylation sites is 4. The number of hydrogen-bond donors (Lipinski definition) is 1. The van der Waals surface area contributed by atoms with Crippen molar-refractivity contribution < 1.29 is 0 Å². The minimum atomic E-state index is 0.359. The summed E-state index contributed by atoms with van der Waals surface area (Å²) in [6, 6.07) is 34.1. The molecule has 2 aliphatic carbocycles. The van der Waals surface area contributed by atoms with Crippen molar-refractivity contribution in [1.29, 1.82) is 0 Å². The van der Waals surface area contributed by atoms with Gasteiger partial charge in [-0.3, -0.25) is 4.99 Å². The van der Waals surface area contributed by atoms with Gasteiger partial charge in [0.25, 0.3) is 0 Å². The van der Waals surface area contributed by atoms with Gasteiger partial charge in [0.15, 0.2) is 0 Å². The molecule has 6 rings (SSSR count). The zero-order chi connectivity index (χ0) is 24.2. The minimum Gasteiger partial charge on any atom is -0.354 e. The average Bonchev–Trinajstić information content (AvgIpc) is 2.90. The Kier molecular flexibility index (Phi) is 6.49. The molecule has 0 radical (unpaired) electrons. The summed E-state index contributed by atoms with van der Waals surface area (Å²) in [5, 5.41) is 4.66. The molecule has 1 fully saturated rings. The molecule has 0 atom stereocenters. The first-order valence-corrected chi connectivity index (χ1v) is 13.2. The molecule has 0 amide bonds. The van der Waals surface area contributed by atoms with Crippen LogP contribution < -0.4 is 10.7 Å². The maximum absolute atomic E-state index is 5.38. The molecule has 0 bridgehead atoms. The van der Waals surface area contributed by atoms with E-state index in [-0.39, 0.29) is 0 Å². The van der Waals surface area contributed by atoms with E-state index in [1.165, 1.54) is 32.1 Å². The number of nitrogens with zero attached hydrogens (tertiary/aromatic N) is 3. The van der Waals surface area contributed by atoms with Crippen molar-refractivity contribution in [3.8, 4) is 17.1 Å². The van der Waals surface area contributed by atoms with Gasteiger partial charge < -0.3 is 9.88 Å². The Labute approximate surface area is 212 Å². The van der Waals surface area contributed by atoms with Crippen LogP contribution in [-0.4, -0.2) is 15.6 Å². The van der Waals surface area contributed by atoms with Crippen LogP contribution in [-0.2, 0) is 0 Å². The van der Waals surface area contributed by atoms with Crippen molar-refractivity contribution in [3.05, 3.63) is 102 Å². The summed E-state index contributed by atoms with van der Waals surface area (Å²) in [4.78, 5) is 10.5. The van der Waals surface area contributed by atoms with Gasteiger partial charge in [0, 0.05) is 11.4 Å². The maximum atomic E-state index is 5.38. The van der Waals surface area contributed by atoms with Crippen molar-refractivity contribution in [2.75, 3.05) is 5.32 Å². The van der Waals surface area contributed by atoms with Crippen molar-refractivity contribution in [2.24, 2.45) is 4.99 Å². The van der Waals surface area contributed by atoms with Crippen LogP contribution in [0, 0.1) is 0 Å². The van der Waals surface area contributed by atoms with Gasteiger partial charge in [0.2, 0.25) is 0 Å². The van der Waals surface area contributed by atoms with E-state index in [4.69, 9.17) is 9.98 Å². The van der Waals surface area contributed by atoms with Crippen LogP contribution in [0.15, 0.2) is 102 Å². The third-order valence-corrected chi connectivity index (χ3v) is 7.16. The molecule has 0 spiro atoms. The monoisotopic (exact) mass is 472 g/mol. The summed E-state index contributed by atoms with van der Waals surface area (Å²) >= 11 is 0. The fourth-order valence-electron chi connectivity index (χ4n) is 5.34. The van der Waals surface area contributed by atoms with E-state index in [0.717, 1.165) is 57.7 Å². The van der Waals surface area contributed by atoms with Crippen molar-refractivity contribution in [2.45, 2.75) is 51.0 Å². The number of anilines is 2. The number of aromatic nitrogens is 2. The first-order chi connectivity index (χ1) is 17.8. The van der Waals surface area contributed by atoms with E-state index < -0.39 is 0 Å².